The van der Waals surface area contributed by atoms with Crippen LogP contribution in [0, 0.1) is 0 Å². The summed E-state index contributed by atoms with van der Waals surface area (Å²) in [5.41, 5.74) is 2.09. The normalized spacial score (nSPS) is 18.4. The highest BCUT2D eigenvalue weighted by molar-refractivity contribution is 5.88. The van der Waals surface area contributed by atoms with E-state index in [0.29, 0.717) is 23.8 Å². The first-order valence-electron chi connectivity index (χ1n) is 8.55. The van der Waals surface area contributed by atoms with E-state index >= 15 is 0 Å². The molecule has 0 spiro atoms. The molecule has 126 valence electrons. The lowest BCUT2D eigenvalue weighted by molar-refractivity contribution is 0.0690. The van der Waals surface area contributed by atoms with Gasteiger partial charge in [0.25, 0.3) is 0 Å². The Morgan fingerprint density at radius 3 is 2.83 bits per heavy atom. The fourth-order valence-corrected chi connectivity index (χ4v) is 3.41. The van der Waals surface area contributed by atoms with Crippen molar-refractivity contribution < 1.29 is 9.90 Å². The monoisotopic (exact) mass is 325 g/mol. The molecule has 0 amide bonds. The molecule has 0 aromatic carbocycles. The molecule has 5 nitrogen and oxygen atoms in total. The van der Waals surface area contributed by atoms with E-state index in [1.165, 1.54) is 6.42 Å². The molecular weight excluding hydrogens is 302 g/mol. The average Bonchev–Trinajstić information content (AvgIpc) is 2.62. The van der Waals surface area contributed by atoms with Gasteiger partial charge in [0.2, 0.25) is 0 Å². The number of aryl methyl sites for hydroxylation is 1. The van der Waals surface area contributed by atoms with Gasteiger partial charge in [-0.3, -0.25) is 14.9 Å². The number of nitrogens with zero attached hydrogens (tertiary/aromatic N) is 3. The zero-order valence-electron chi connectivity index (χ0n) is 13.8. The largest absolute Gasteiger partial charge is 0.478 e. The number of hydrogen-bond donors (Lipinski definition) is 1. The van der Waals surface area contributed by atoms with Gasteiger partial charge in [0.05, 0.1) is 11.3 Å². The van der Waals surface area contributed by atoms with Crippen molar-refractivity contribution in [1.29, 1.82) is 0 Å². The number of hydrogen-bond acceptors (Lipinski definition) is 4. The van der Waals surface area contributed by atoms with Crippen LogP contribution in [0.4, 0.5) is 0 Å². The number of pyridine rings is 2. The van der Waals surface area contributed by atoms with E-state index < -0.39 is 5.97 Å². The lowest BCUT2D eigenvalue weighted by Gasteiger charge is -2.35. The molecule has 0 bridgehead atoms. The topological polar surface area (TPSA) is 66.3 Å². The molecule has 0 aliphatic carbocycles. The van der Waals surface area contributed by atoms with Crippen LogP contribution in [0.25, 0.3) is 0 Å². The molecule has 0 radical (unpaired) electrons. The summed E-state index contributed by atoms with van der Waals surface area (Å²) in [6.45, 7) is 1.61. The second-order valence-corrected chi connectivity index (χ2v) is 6.28. The predicted octanol–water partition coefficient (Wildman–Crippen LogP) is 3.16. The molecule has 3 heterocycles. The molecule has 5 heteroatoms. The van der Waals surface area contributed by atoms with Gasteiger partial charge in [-0.15, -0.1) is 0 Å². The van der Waals surface area contributed by atoms with E-state index in [0.717, 1.165) is 37.9 Å². The maximum absolute atomic E-state index is 11.4. The maximum Gasteiger partial charge on any atom is 0.337 e. The van der Waals surface area contributed by atoms with Gasteiger partial charge < -0.3 is 5.11 Å². The first kappa shape index (κ1) is 16.6. The van der Waals surface area contributed by atoms with Crippen molar-refractivity contribution in [3.63, 3.8) is 0 Å². The van der Waals surface area contributed by atoms with Crippen molar-refractivity contribution in [2.24, 2.45) is 0 Å². The van der Waals surface area contributed by atoms with Crippen LogP contribution in [0.1, 0.15) is 47.4 Å². The van der Waals surface area contributed by atoms with Crippen molar-refractivity contribution >= 4 is 5.97 Å². The molecule has 0 saturated carbocycles. The van der Waals surface area contributed by atoms with Crippen LogP contribution in [0.3, 0.4) is 0 Å². The van der Waals surface area contributed by atoms with E-state index in [1.807, 2.05) is 18.3 Å². The Hall–Kier alpha value is -2.27. The molecule has 2 aromatic heterocycles. The molecule has 1 saturated heterocycles. The standard InChI is InChI=1S/C19H23N3O2/c23-19(24)17-8-5-12-21-18(17)14-22-13-4-2-7-16(22)10-9-15-6-1-3-11-20-15/h1,3,5-6,8,11-12,16H,2,4,7,9-10,13-14H2,(H,23,24)/t16-/m1/s1. The van der Waals surface area contributed by atoms with Gasteiger partial charge >= 0.3 is 5.97 Å². The predicted molar refractivity (Wildman–Crippen MR) is 91.8 cm³/mol. The Labute approximate surface area is 142 Å². The van der Waals surface area contributed by atoms with Gasteiger partial charge in [-0.2, -0.15) is 0 Å². The van der Waals surface area contributed by atoms with Gasteiger partial charge in [-0.05, 0) is 56.5 Å². The minimum Gasteiger partial charge on any atom is -0.478 e. The van der Waals surface area contributed by atoms with Crippen LogP contribution in [-0.4, -0.2) is 38.5 Å². The summed E-state index contributed by atoms with van der Waals surface area (Å²) in [6, 6.07) is 9.80. The summed E-state index contributed by atoms with van der Waals surface area (Å²) in [5, 5.41) is 9.35. The Balaban J connectivity index is 1.67. The molecule has 24 heavy (non-hydrogen) atoms. The molecule has 1 N–H and O–H groups in total. The highest BCUT2D eigenvalue weighted by atomic mass is 16.4. The molecular formula is C19H23N3O2. The van der Waals surface area contributed by atoms with Gasteiger partial charge in [0, 0.05) is 30.7 Å². The van der Waals surface area contributed by atoms with Crippen LogP contribution < -0.4 is 0 Å². The lowest BCUT2D eigenvalue weighted by Crippen LogP contribution is -2.39. The molecule has 3 rings (SSSR count). The lowest BCUT2D eigenvalue weighted by atomic mass is 9.96. The number of aromatic nitrogens is 2. The van der Waals surface area contributed by atoms with Crippen molar-refractivity contribution in [2.75, 3.05) is 6.54 Å². The van der Waals surface area contributed by atoms with Gasteiger partial charge in [-0.25, -0.2) is 4.79 Å². The number of carboxylic acid groups (broad SMARTS) is 1. The van der Waals surface area contributed by atoms with Gasteiger partial charge in [-0.1, -0.05) is 12.5 Å². The Kier molecular flexibility index (Phi) is 5.54. The first-order chi connectivity index (χ1) is 11.7. The molecule has 1 fully saturated rings. The van der Waals surface area contributed by atoms with E-state index in [4.69, 9.17) is 0 Å². The quantitative estimate of drug-likeness (QED) is 0.883. The minimum atomic E-state index is -0.903. The summed E-state index contributed by atoms with van der Waals surface area (Å²) < 4.78 is 0. The number of aromatic carboxylic acids is 1. The average molecular weight is 325 g/mol. The van der Waals surface area contributed by atoms with Crippen molar-refractivity contribution in [3.8, 4) is 0 Å². The zero-order chi connectivity index (χ0) is 16.8. The summed E-state index contributed by atoms with van der Waals surface area (Å²) >= 11 is 0. The van der Waals surface area contributed by atoms with Crippen molar-refractivity contribution in [2.45, 2.75) is 44.7 Å². The Morgan fingerprint density at radius 2 is 2.04 bits per heavy atom. The van der Waals surface area contributed by atoms with Crippen LogP contribution >= 0.6 is 0 Å². The van der Waals surface area contributed by atoms with E-state index in [1.54, 1.807) is 18.3 Å². The van der Waals surface area contributed by atoms with Crippen LogP contribution in [0.5, 0.6) is 0 Å². The molecule has 0 unspecified atom stereocenters. The second kappa shape index (κ2) is 8.02. The number of rotatable bonds is 6. The van der Waals surface area contributed by atoms with E-state index in [9.17, 15) is 9.90 Å². The van der Waals surface area contributed by atoms with Crippen LogP contribution in [0.2, 0.25) is 0 Å². The zero-order valence-corrected chi connectivity index (χ0v) is 13.8. The third-order valence-corrected chi connectivity index (χ3v) is 4.68. The molecule has 1 aliphatic heterocycles. The first-order valence-corrected chi connectivity index (χ1v) is 8.55. The second-order valence-electron chi connectivity index (χ2n) is 6.28. The number of carbonyl (C=O) groups is 1. The van der Waals surface area contributed by atoms with Crippen molar-refractivity contribution in [3.05, 3.63) is 59.7 Å². The van der Waals surface area contributed by atoms with E-state index in [-0.39, 0.29) is 0 Å². The van der Waals surface area contributed by atoms with Crippen LogP contribution in [0.15, 0.2) is 42.7 Å². The Morgan fingerprint density at radius 1 is 1.17 bits per heavy atom. The Bertz CT molecular complexity index is 675. The maximum atomic E-state index is 11.4. The summed E-state index contributed by atoms with van der Waals surface area (Å²) in [6.07, 6.45) is 9.06. The highest BCUT2D eigenvalue weighted by Gasteiger charge is 2.24. The summed E-state index contributed by atoms with van der Waals surface area (Å²) in [5.74, 6) is -0.903. The third-order valence-electron chi connectivity index (χ3n) is 4.68. The fourth-order valence-electron chi connectivity index (χ4n) is 3.41. The van der Waals surface area contributed by atoms with Crippen LogP contribution in [-0.2, 0) is 13.0 Å². The number of piperidine rings is 1. The fraction of sp³-hybridized carbons (Fsp3) is 0.421. The van der Waals surface area contributed by atoms with E-state index in [2.05, 4.69) is 20.9 Å². The summed E-state index contributed by atoms with van der Waals surface area (Å²) in [7, 11) is 0. The smallest absolute Gasteiger partial charge is 0.337 e. The molecule has 1 aliphatic rings. The van der Waals surface area contributed by atoms with Crippen molar-refractivity contribution in [1.82, 2.24) is 14.9 Å². The summed E-state index contributed by atoms with van der Waals surface area (Å²) in [4.78, 5) is 22.5. The highest BCUT2D eigenvalue weighted by Crippen LogP contribution is 2.23. The SMILES string of the molecule is O=C(O)c1cccnc1CN1CCCC[C@@H]1CCc1ccccn1. The molecule has 1 atom stereocenters. The van der Waals surface area contributed by atoms with Gasteiger partial charge in [0.15, 0.2) is 0 Å². The number of likely N-dealkylation sites (tertiary alicyclic amines) is 1. The molecule has 2 aromatic rings. The van der Waals surface area contributed by atoms with Gasteiger partial charge in [0.1, 0.15) is 0 Å². The minimum absolute atomic E-state index is 0.312. The number of carboxylic acids is 1. The third kappa shape index (κ3) is 4.17.